The highest BCUT2D eigenvalue weighted by molar-refractivity contribution is 5.48. The molecule has 0 amide bonds. The molecule has 1 rings (SSSR count). The molecule has 0 fully saturated rings. The first kappa shape index (κ1) is 8.60. The van der Waals surface area contributed by atoms with Gasteiger partial charge in [0.2, 0.25) is 0 Å². The first-order chi connectivity index (χ1) is 5.93. The van der Waals surface area contributed by atoms with Gasteiger partial charge in [-0.3, -0.25) is 0 Å². The summed E-state index contributed by atoms with van der Waals surface area (Å²) in [7, 11) is 0. The van der Waals surface area contributed by atoms with Crippen molar-refractivity contribution in [2.24, 2.45) is 0 Å². The second kappa shape index (κ2) is 5.19. The zero-order chi connectivity index (χ0) is 8.65. The molecular weight excluding hydrogens is 146 g/mol. The van der Waals surface area contributed by atoms with Gasteiger partial charge in [-0.15, -0.1) is 6.58 Å². The Bertz CT molecular complexity index is 249. The molecule has 1 heteroatoms. The molecule has 0 saturated carbocycles. The van der Waals surface area contributed by atoms with Crippen LogP contribution in [0.4, 0.5) is 0 Å². The van der Waals surface area contributed by atoms with Gasteiger partial charge < -0.3 is 5.32 Å². The molecule has 0 saturated heterocycles. The number of hydrogen-bond donors (Lipinski definition) is 1. The van der Waals surface area contributed by atoms with E-state index in [9.17, 15) is 0 Å². The van der Waals surface area contributed by atoms with Gasteiger partial charge in [-0.1, -0.05) is 36.4 Å². The molecule has 0 radical (unpaired) electrons. The predicted octanol–water partition coefficient (Wildman–Crippen LogP) is 2.43. The molecule has 1 nitrogen and oxygen atoms in total. The van der Waals surface area contributed by atoms with Gasteiger partial charge in [0.25, 0.3) is 0 Å². The van der Waals surface area contributed by atoms with Crippen LogP contribution in [0.5, 0.6) is 0 Å². The molecular formula is C11H13N. The van der Waals surface area contributed by atoms with Crippen LogP contribution in [0.2, 0.25) is 0 Å². The predicted molar refractivity (Wildman–Crippen MR) is 53.7 cm³/mol. The van der Waals surface area contributed by atoms with Crippen molar-refractivity contribution in [3.8, 4) is 0 Å². The van der Waals surface area contributed by atoms with Crippen molar-refractivity contribution >= 4 is 6.08 Å². The number of rotatable bonds is 4. The quantitative estimate of drug-likeness (QED) is 0.525. The van der Waals surface area contributed by atoms with Crippen molar-refractivity contribution in [2.75, 3.05) is 6.54 Å². The average Bonchev–Trinajstić information content (AvgIpc) is 2.14. The smallest absolute Gasteiger partial charge is 0.0322 e. The first-order valence-corrected chi connectivity index (χ1v) is 3.99. The van der Waals surface area contributed by atoms with Gasteiger partial charge in [0.15, 0.2) is 0 Å². The molecule has 0 atom stereocenters. The molecule has 1 aromatic carbocycles. The highest BCUT2D eigenvalue weighted by atomic mass is 14.8. The Kier molecular flexibility index (Phi) is 3.72. The Labute approximate surface area is 73.4 Å². The lowest BCUT2D eigenvalue weighted by molar-refractivity contribution is 0.994. The van der Waals surface area contributed by atoms with E-state index < -0.39 is 0 Å². The van der Waals surface area contributed by atoms with Gasteiger partial charge in [-0.2, -0.15) is 0 Å². The molecule has 0 heterocycles. The van der Waals surface area contributed by atoms with Crippen LogP contribution in [-0.4, -0.2) is 6.54 Å². The van der Waals surface area contributed by atoms with Crippen molar-refractivity contribution < 1.29 is 0 Å². The Morgan fingerprint density at radius 3 is 2.67 bits per heavy atom. The summed E-state index contributed by atoms with van der Waals surface area (Å²) < 4.78 is 0. The van der Waals surface area contributed by atoms with Crippen LogP contribution in [-0.2, 0) is 0 Å². The highest BCUT2D eigenvalue weighted by Crippen LogP contribution is 1.99. The zero-order valence-corrected chi connectivity index (χ0v) is 7.03. The Balaban J connectivity index is 2.41. The minimum atomic E-state index is 0.809. The summed E-state index contributed by atoms with van der Waals surface area (Å²) in [5.74, 6) is 0. The first-order valence-electron chi connectivity index (χ1n) is 3.99. The van der Waals surface area contributed by atoms with Gasteiger partial charge in [0.1, 0.15) is 0 Å². The topological polar surface area (TPSA) is 12.0 Å². The minimum Gasteiger partial charge on any atom is -0.387 e. The fraction of sp³-hybridized carbons (Fsp3) is 0.0909. The van der Waals surface area contributed by atoms with E-state index in [1.54, 1.807) is 0 Å². The third-order valence-electron chi connectivity index (χ3n) is 1.46. The summed E-state index contributed by atoms with van der Waals surface area (Å²) >= 11 is 0. The van der Waals surface area contributed by atoms with E-state index in [0.717, 1.165) is 6.54 Å². The van der Waals surface area contributed by atoms with E-state index in [1.165, 1.54) is 5.56 Å². The summed E-state index contributed by atoms with van der Waals surface area (Å²) in [6.07, 6.45) is 5.79. The van der Waals surface area contributed by atoms with Gasteiger partial charge in [0, 0.05) is 6.54 Å². The minimum absolute atomic E-state index is 0.809. The fourth-order valence-electron chi connectivity index (χ4n) is 0.871. The molecule has 0 unspecified atom stereocenters. The summed E-state index contributed by atoms with van der Waals surface area (Å²) in [5.41, 5.74) is 1.20. The van der Waals surface area contributed by atoms with Crippen LogP contribution in [0.25, 0.3) is 6.08 Å². The Morgan fingerprint density at radius 1 is 1.25 bits per heavy atom. The summed E-state index contributed by atoms with van der Waals surface area (Å²) in [4.78, 5) is 0. The summed E-state index contributed by atoms with van der Waals surface area (Å²) in [6.45, 7) is 4.42. The Hall–Kier alpha value is -1.50. The van der Waals surface area contributed by atoms with Crippen LogP contribution in [0.15, 0.2) is 49.2 Å². The van der Waals surface area contributed by atoms with Crippen molar-refractivity contribution in [3.63, 3.8) is 0 Å². The van der Waals surface area contributed by atoms with E-state index in [0.29, 0.717) is 0 Å². The third kappa shape index (κ3) is 3.06. The number of hydrogen-bond acceptors (Lipinski definition) is 1. The molecule has 0 bridgehead atoms. The van der Waals surface area contributed by atoms with Crippen LogP contribution < -0.4 is 5.32 Å². The van der Waals surface area contributed by atoms with Crippen LogP contribution in [0, 0.1) is 0 Å². The molecule has 0 aliphatic rings. The molecule has 1 N–H and O–H groups in total. The van der Waals surface area contributed by atoms with Crippen molar-refractivity contribution in [1.82, 2.24) is 5.32 Å². The number of benzene rings is 1. The van der Waals surface area contributed by atoms with Crippen LogP contribution in [0.1, 0.15) is 5.56 Å². The molecule has 1 aromatic rings. The molecule has 0 spiro atoms. The van der Waals surface area contributed by atoms with Gasteiger partial charge >= 0.3 is 0 Å². The molecule has 0 aromatic heterocycles. The van der Waals surface area contributed by atoms with Crippen LogP contribution in [0.3, 0.4) is 0 Å². The third-order valence-corrected chi connectivity index (χ3v) is 1.46. The molecule has 0 aliphatic heterocycles. The summed E-state index contributed by atoms with van der Waals surface area (Å²) in [5, 5.41) is 3.08. The normalized spacial score (nSPS) is 10.0. The van der Waals surface area contributed by atoms with Gasteiger partial charge in [-0.25, -0.2) is 0 Å². The maximum absolute atomic E-state index is 3.61. The molecule has 12 heavy (non-hydrogen) atoms. The SMILES string of the molecule is C=CCNC=Cc1ccccc1. The lowest BCUT2D eigenvalue weighted by Gasteiger charge is -1.93. The van der Waals surface area contributed by atoms with Crippen molar-refractivity contribution in [3.05, 3.63) is 54.8 Å². The second-order valence-electron chi connectivity index (χ2n) is 2.44. The fourth-order valence-corrected chi connectivity index (χ4v) is 0.871. The largest absolute Gasteiger partial charge is 0.387 e. The average molecular weight is 159 g/mol. The standard InChI is InChI=1S/C11H13N/c1-2-9-12-10-8-11-6-4-3-5-7-11/h2-8,10,12H,1,9H2. The van der Waals surface area contributed by atoms with E-state index in [2.05, 4.69) is 24.0 Å². The highest BCUT2D eigenvalue weighted by Gasteiger charge is 1.80. The Morgan fingerprint density at radius 2 is 2.00 bits per heavy atom. The molecule has 62 valence electrons. The zero-order valence-electron chi connectivity index (χ0n) is 7.03. The van der Waals surface area contributed by atoms with E-state index >= 15 is 0 Å². The maximum atomic E-state index is 3.61. The lowest BCUT2D eigenvalue weighted by Crippen LogP contribution is -2.02. The molecule has 0 aliphatic carbocycles. The van der Waals surface area contributed by atoms with Gasteiger partial charge in [-0.05, 0) is 17.8 Å². The number of nitrogens with one attached hydrogen (secondary N) is 1. The monoisotopic (exact) mass is 159 g/mol. The van der Waals surface area contributed by atoms with Gasteiger partial charge in [0.05, 0.1) is 0 Å². The van der Waals surface area contributed by atoms with E-state index in [-0.39, 0.29) is 0 Å². The van der Waals surface area contributed by atoms with E-state index in [4.69, 9.17) is 0 Å². The lowest BCUT2D eigenvalue weighted by atomic mass is 10.2. The van der Waals surface area contributed by atoms with E-state index in [1.807, 2.05) is 36.6 Å². The van der Waals surface area contributed by atoms with Crippen molar-refractivity contribution in [1.29, 1.82) is 0 Å². The summed E-state index contributed by atoms with van der Waals surface area (Å²) in [6, 6.07) is 10.2. The maximum Gasteiger partial charge on any atom is 0.0322 e. The van der Waals surface area contributed by atoms with Crippen LogP contribution >= 0.6 is 0 Å². The second-order valence-corrected chi connectivity index (χ2v) is 2.44. The van der Waals surface area contributed by atoms with Crippen molar-refractivity contribution in [2.45, 2.75) is 0 Å².